The number of para-hydroxylation sites is 2. The number of nitrogens with zero attached hydrogens (tertiary/aromatic N) is 2. The maximum absolute atomic E-state index is 12.1. The number of carbonyl (C=O) groups is 1. The number of benzene rings is 2. The summed E-state index contributed by atoms with van der Waals surface area (Å²) in [5, 5.41) is 13.1. The molecule has 3 N–H and O–H groups in total. The number of H-pyrrole nitrogens is 1. The monoisotopic (exact) mass is 378 g/mol. The fraction of sp³-hybridized carbons (Fsp3) is 0.364. The molecule has 1 amide bonds. The maximum Gasteiger partial charge on any atom is 0.220 e. The molecule has 0 saturated heterocycles. The Morgan fingerprint density at radius 1 is 1.18 bits per heavy atom. The van der Waals surface area contributed by atoms with E-state index < -0.39 is 6.10 Å². The maximum atomic E-state index is 12.1. The van der Waals surface area contributed by atoms with E-state index in [9.17, 15) is 9.90 Å². The van der Waals surface area contributed by atoms with Gasteiger partial charge in [0.25, 0.3) is 0 Å². The highest BCUT2D eigenvalue weighted by Gasteiger charge is 2.18. The van der Waals surface area contributed by atoms with Crippen LogP contribution in [0.1, 0.15) is 23.4 Å². The molecule has 6 heteroatoms. The first-order valence-electron chi connectivity index (χ1n) is 9.85. The Bertz CT molecular complexity index is 919. The quantitative estimate of drug-likeness (QED) is 0.588. The van der Waals surface area contributed by atoms with E-state index in [4.69, 9.17) is 0 Å². The first-order chi connectivity index (χ1) is 13.7. The van der Waals surface area contributed by atoms with Crippen LogP contribution in [0.5, 0.6) is 0 Å². The lowest BCUT2D eigenvalue weighted by Crippen LogP contribution is -2.42. The summed E-state index contributed by atoms with van der Waals surface area (Å²) in [6, 6.07) is 16.3. The predicted octanol–water partition coefficient (Wildman–Crippen LogP) is 2.03. The highest BCUT2D eigenvalue weighted by Crippen LogP contribution is 2.18. The van der Waals surface area contributed by atoms with Crippen LogP contribution in [-0.4, -0.2) is 51.6 Å². The summed E-state index contributed by atoms with van der Waals surface area (Å²) in [6.45, 7) is 2.64. The van der Waals surface area contributed by atoms with Crippen molar-refractivity contribution < 1.29 is 9.90 Å². The molecule has 0 fully saturated rings. The molecule has 0 saturated carbocycles. The first kappa shape index (κ1) is 18.7. The minimum Gasteiger partial charge on any atom is -0.390 e. The zero-order valence-electron chi connectivity index (χ0n) is 15.9. The van der Waals surface area contributed by atoms with Gasteiger partial charge in [0.2, 0.25) is 5.91 Å². The molecule has 146 valence electrons. The summed E-state index contributed by atoms with van der Waals surface area (Å²) in [5.74, 6) is 0.743. The van der Waals surface area contributed by atoms with Crippen molar-refractivity contribution in [2.45, 2.75) is 31.9 Å². The number of hydrogen-bond donors (Lipinski definition) is 3. The first-order valence-corrected chi connectivity index (χ1v) is 9.85. The van der Waals surface area contributed by atoms with Crippen molar-refractivity contribution in [3.8, 4) is 0 Å². The number of nitrogens with one attached hydrogen (secondary N) is 2. The lowest BCUT2D eigenvalue weighted by Gasteiger charge is -2.30. The van der Waals surface area contributed by atoms with Gasteiger partial charge in [-0.25, -0.2) is 4.98 Å². The van der Waals surface area contributed by atoms with Gasteiger partial charge >= 0.3 is 0 Å². The zero-order valence-corrected chi connectivity index (χ0v) is 15.9. The van der Waals surface area contributed by atoms with Crippen molar-refractivity contribution in [2.24, 2.45) is 0 Å². The normalized spacial score (nSPS) is 15.3. The molecule has 4 rings (SSSR count). The second-order valence-corrected chi connectivity index (χ2v) is 7.41. The fourth-order valence-corrected chi connectivity index (χ4v) is 3.75. The molecule has 1 unspecified atom stereocenters. The summed E-state index contributed by atoms with van der Waals surface area (Å²) >= 11 is 0. The van der Waals surface area contributed by atoms with Crippen LogP contribution in [0.15, 0.2) is 48.5 Å². The molecular weight excluding hydrogens is 352 g/mol. The second kappa shape index (κ2) is 8.54. The number of amides is 1. The number of aliphatic hydroxyl groups excluding tert-OH is 1. The SMILES string of the molecule is O=C(CCc1nc2ccccc2[nH]1)NCC(O)CN1CCc2ccccc2C1. The molecule has 0 radical (unpaired) electrons. The summed E-state index contributed by atoms with van der Waals surface area (Å²) in [4.78, 5) is 22.1. The van der Waals surface area contributed by atoms with Crippen LogP contribution in [0.4, 0.5) is 0 Å². The highest BCUT2D eigenvalue weighted by molar-refractivity contribution is 5.77. The average molecular weight is 378 g/mol. The van der Waals surface area contributed by atoms with E-state index in [1.54, 1.807) is 0 Å². The van der Waals surface area contributed by atoms with Crippen LogP contribution in [0.25, 0.3) is 11.0 Å². The number of β-amino-alcohol motifs (C(OH)–C–C–N with tert-alkyl or cyclic N) is 1. The molecule has 1 atom stereocenters. The largest absolute Gasteiger partial charge is 0.390 e. The Hall–Kier alpha value is -2.70. The van der Waals surface area contributed by atoms with Crippen molar-refractivity contribution >= 4 is 16.9 Å². The molecule has 1 aromatic heterocycles. The molecule has 0 bridgehead atoms. The van der Waals surface area contributed by atoms with Crippen LogP contribution in [0.3, 0.4) is 0 Å². The third-order valence-corrected chi connectivity index (χ3v) is 5.24. The number of aliphatic hydroxyl groups is 1. The molecule has 28 heavy (non-hydrogen) atoms. The molecule has 3 aromatic rings. The van der Waals surface area contributed by atoms with Crippen molar-refractivity contribution in [3.05, 3.63) is 65.5 Å². The second-order valence-electron chi connectivity index (χ2n) is 7.41. The summed E-state index contributed by atoms with van der Waals surface area (Å²) < 4.78 is 0. The number of carbonyl (C=O) groups excluding carboxylic acids is 1. The van der Waals surface area contributed by atoms with Gasteiger partial charge in [0.15, 0.2) is 0 Å². The Labute approximate surface area is 164 Å². The highest BCUT2D eigenvalue weighted by atomic mass is 16.3. The molecule has 2 heterocycles. The van der Waals surface area contributed by atoms with Crippen LogP contribution < -0.4 is 5.32 Å². The van der Waals surface area contributed by atoms with Gasteiger partial charge in [-0.3, -0.25) is 9.69 Å². The molecule has 2 aromatic carbocycles. The van der Waals surface area contributed by atoms with Crippen LogP contribution >= 0.6 is 0 Å². The van der Waals surface area contributed by atoms with E-state index in [-0.39, 0.29) is 12.5 Å². The number of fused-ring (bicyclic) bond motifs is 2. The van der Waals surface area contributed by atoms with Crippen molar-refractivity contribution in [3.63, 3.8) is 0 Å². The fourth-order valence-electron chi connectivity index (χ4n) is 3.75. The van der Waals surface area contributed by atoms with E-state index in [1.165, 1.54) is 11.1 Å². The Morgan fingerprint density at radius 2 is 1.96 bits per heavy atom. The number of hydrogen-bond acceptors (Lipinski definition) is 4. The van der Waals surface area contributed by atoms with Gasteiger partial charge in [0, 0.05) is 39.0 Å². The smallest absolute Gasteiger partial charge is 0.220 e. The van der Waals surface area contributed by atoms with Gasteiger partial charge in [-0.1, -0.05) is 36.4 Å². The Kier molecular flexibility index (Phi) is 5.69. The van der Waals surface area contributed by atoms with E-state index in [0.717, 1.165) is 36.4 Å². The van der Waals surface area contributed by atoms with Gasteiger partial charge in [-0.15, -0.1) is 0 Å². The van der Waals surface area contributed by atoms with Gasteiger partial charge in [0.1, 0.15) is 5.82 Å². The van der Waals surface area contributed by atoms with Crippen LogP contribution in [-0.2, 0) is 24.2 Å². The van der Waals surface area contributed by atoms with Gasteiger partial charge in [-0.05, 0) is 29.7 Å². The minimum atomic E-state index is -0.569. The van der Waals surface area contributed by atoms with Crippen LogP contribution in [0.2, 0.25) is 0 Å². The van der Waals surface area contributed by atoms with E-state index >= 15 is 0 Å². The van der Waals surface area contributed by atoms with Gasteiger partial charge in [0.05, 0.1) is 17.1 Å². The number of aromatic amines is 1. The molecule has 1 aliphatic rings. The topological polar surface area (TPSA) is 81.2 Å². The lowest BCUT2D eigenvalue weighted by atomic mass is 10.00. The lowest BCUT2D eigenvalue weighted by molar-refractivity contribution is -0.121. The number of rotatable bonds is 7. The Morgan fingerprint density at radius 3 is 2.82 bits per heavy atom. The van der Waals surface area contributed by atoms with Crippen LogP contribution in [0, 0.1) is 0 Å². The number of imidazole rings is 1. The summed E-state index contributed by atoms with van der Waals surface area (Å²) in [6.07, 6.45) is 1.34. The number of aryl methyl sites for hydroxylation is 1. The third-order valence-electron chi connectivity index (χ3n) is 5.24. The standard InChI is InChI=1S/C22H26N4O2/c27-18(15-26-12-11-16-5-1-2-6-17(16)14-26)13-23-22(28)10-9-21-24-19-7-3-4-8-20(19)25-21/h1-8,18,27H,9-15H2,(H,23,28)(H,24,25). The average Bonchev–Trinajstić information content (AvgIpc) is 3.14. The van der Waals surface area contributed by atoms with Crippen molar-refractivity contribution in [1.82, 2.24) is 20.2 Å². The van der Waals surface area contributed by atoms with E-state index in [0.29, 0.717) is 19.4 Å². The molecule has 0 aliphatic carbocycles. The summed E-state index contributed by atoms with van der Waals surface area (Å²) in [5.41, 5.74) is 4.62. The van der Waals surface area contributed by atoms with Crippen molar-refractivity contribution in [1.29, 1.82) is 0 Å². The predicted molar refractivity (Wildman–Crippen MR) is 109 cm³/mol. The van der Waals surface area contributed by atoms with Crippen molar-refractivity contribution in [2.75, 3.05) is 19.6 Å². The van der Waals surface area contributed by atoms with Gasteiger partial charge in [-0.2, -0.15) is 0 Å². The minimum absolute atomic E-state index is 0.0662. The van der Waals surface area contributed by atoms with Gasteiger partial charge < -0.3 is 15.4 Å². The third kappa shape index (κ3) is 4.58. The molecule has 6 nitrogen and oxygen atoms in total. The zero-order chi connectivity index (χ0) is 19.3. The molecule has 0 spiro atoms. The number of aromatic nitrogens is 2. The Balaban J connectivity index is 1.19. The van der Waals surface area contributed by atoms with E-state index in [1.807, 2.05) is 24.3 Å². The molecule has 1 aliphatic heterocycles. The van der Waals surface area contributed by atoms with E-state index in [2.05, 4.69) is 44.5 Å². The molecular formula is C22H26N4O2. The summed E-state index contributed by atoms with van der Waals surface area (Å²) in [7, 11) is 0.